The summed E-state index contributed by atoms with van der Waals surface area (Å²) in [6.45, 7) is 6.00. The van der Waals surface area contributed by atoms with E-state index in [-0.39, 0.29) is 5.97 Å². The van der Waals surface area contributed by atoms with Crippen LogP contribution in [0.15, 0.2) is 29.5 Å². The van der Waals surface area contributed by atoms with Gasteiger partial charge in [-0.2, -0.15) is 0 Å². The van der Waals surface area contributed by atoms with E-state index in [0.717, 1.165) is 59.4 Å². The number of morpholine rings is 1. The topological polar surface area (TPSA) is 76.9 Å². The predicted octanol–water partition coefficient (Wildman–Crippen LogP) is 4.61. The first-order valence-electron chi connectivity index (χ1n) is 11.4. The van der Waals surface area contributed by atoms with Crippen molar-refractivity contribution in [3.8, 4) is 0 Å². The molecule has 8 heteroatoms. The molecule has 0 N–H and O–H groups in total. The normalized spacial score (nSPS) is 22.7. The highest BCUT2D eigenvalue weighted by molar-refractivity contribution is 7.25. The quantitative estimate of drug-likeness (QED) is 0.415. The fourth-order valence-electron chi connectivity index (χ4n) is 4.77. The Morgan fingerprint density at radius 2 is 2.06 bits per heavy atom. The number of rotatable bonds is 5. The van der Waals surface area contributed by atoms with Gasteiger partial charge in [-0.05, 0) is 56.7 Å². The molecule has 168 valence electrons. The molecule has 0 radical (unpaired) electrons. The number of hydrogen-bond acceptors (Lipinski definition) is 8. The number of fused-ring (bicyclic) bond motifs is 3. The lowest BCUT2D eigenvalue weighted by Crippen LogP contribution is -2.45. The van der Waals surface area contributed by atoms with Crippen molar-refractivity contribution in [1.29, 1.82) is 0 Å². The van der Waals surface area contributed by atoms with Crippen molar-refractivity contribution in [1.82, 2.24) is 14.9 Å². The van der Waals surface area contributed by atoms with Gasteiger partial charge < -0.3 is 9.47 Å². The Hall–Kier alpha value is -2.42. The number of ether oxygens (including phenoxy) is 2. The van der Waals surface area contributed by atoms with Crippen LogP contribution in [-0.4, -0.2) is 66.0 Å². The third-order valence-corrected chi connectivity index (χ3v) is 7.55. The maximum absolute atomic E-state index is 12.2. The molecule has 2 fully saturated rings. The fraction of sp³-hybridized carbons (Fsp3) is 0.500. The van der Waals surface area contributed by atoms with Gasteiger partial charge in [-0.3, -0.25) is 4.90 Å². The van der Waals surface area contributed by atoms with E-state index in [2.05, 4.69) is 21.1 Å². The smallest absolute Gasteiger partial charge is 0.338 e. The number of nitrogens with zero attached hydrogens (tertiary/aromatic N) is 4. The number of carbonyl (C=O) groups excluding carboxylic acids is 1. The van der Waals surface area contributed by atoms with Gasteiger partial charge in [0.1, 0.15) is 11.2 Å². The Morgan fingerprint density at radius 1 is 1.25 bits per heavy atom. The average molecular weight is 453 g/mol. The fourth-order valence-corrected chi connectivity index (χ4v) is 5.78. The second-order valence-electron chi connectivity index (χ2n) is 8.41. The van der Waals surface area contributed by atoms with Gasteiger partial charge >= 0.3 is 5.97 Å². The zero-order valence-corrected chi connectivity index (χ0v) is 19.1. The van der Waals surface area contributed by atoms with Crippen LogP contribution in [0.2, 0.25) is 0 Å². The van der Waals surface area contributed by atoms with Gasteiger partial charge in [-0.25, -0.2) is 19.8 Å². The molecule has 3 heterocycles. The molecule has 0 bridgehead atoms. The minimum absolute atomic E-state index is 0.312. The molecule has 1 aromatic carbocycles. The molecule has 0 amide bonds. The van der Waals surface area contributed by atoms with Crippen molar-refractivity contribution in [2.75, 3.05) is 32.9 Å². The Bertz CT molecular complexity index is 1130. The zero-order chi connectivity index (χ0) is 21.9. The number of esters is 1. The Labute approximate surface area is 191 Å². The first-order valence-corrected chi connectivity index (χ1v) is 12.2. The van der Waals surface area contributed by atoms with Gasteiger partial charge in [0, 0.05) is 35.4 Å². The molecule has 2 aromatic heterocycles. The lowest BCUT2D eigenvalue weighted by atomic mass is 9.86. The van der Waals surface area contributed by atoms with Gasteiger partial charge in [0.05, 0.1) is 30.8 Å². The van der Waals surface area contributed by atoms with E-state index in [1.54, 1.807) is 23.7 Å². The van der Waals surface area contributed by atoms with Gasteiger partial charge in [0.15, 0.2) is 5.82 Å². The highest BCUT2D eigenvalue weighted by atomic mass is 32.1. The van der Waals surface area contributed by atoms with Crippen LogP contribution in [0.4, 0.5) is 5.82 Å². The molecular formula is C24H28N4O3S. The summed E-state index contributed by atoms with van der Waals surface area (Å²) < 4.78 is 11.7. The van der Waals surface area contributed by atoms with E-state index >= 15 is 0 Å². The number of carbonyl (C=O) groups is 1. The second kappa shape index (κ2) is 9.60. The van der Waals surface area contributed by atoms with Crippen molar-refractivity contribution in [3.05, 3.63) is 30.1 Å². The molecule has 7 nitrogen and oxygen atoms in total. The molecule has 2 aliphatic rings. The summed E-state index contributed by atoms with van der Waals surface area (Å²) in [5.74, 6) is 0.836. The maximum Gasteiger partial charge on any atom is 0.338 e. The Morgan fingerprint density at radius 3 is 2.84 bits per heavy atom. The van der Waals surface area contributed by atoms with Gasteiger partial charge in [0.2, 0.25) is 0 Å². The van der Waals surface area contributed by atoms with E-state index in [1.807, 2.05) is 19.1 Å². The third kappa shape index (κ3) is 4.40. The van der Waals surface area contributed by atoms with Crippen LogP contribution >= 0.6 is 11.3 Å². The summed E-state index contributed by atoms with van der Waals surface area (Å²) in [5.41, 5.74) is 0.541. The van der Waals surface area contributed by atoms with E-state index in [9.17, 15) is 4.79 Å². The number of hydrogen-bond donors (Lipinski definition) is 0. The minimum atomic E-state index is -0.312. The van der Waals surface area contributed by atoms with Gasteiger partial charge in [-0.1, -0.05) is 0 Å². The largest absolute Gasteiger partial charge is 0.462 e. The van der Waals surface area contributed by atoms with Crippen molar-refractivity contribution in [2.45, 2.75) is 38.6 Å². The lowest BCUT2D eigenvalue weighted by molar-refractivity contribution is 0.00708. The molecule has 1 aliphatic heterocycles. The lowest BCUT2D eigenvalue weighted by Gasteiger charge is -2.38. The van der Waals surface area contributed by atoms with Crippen LogP contribution in [0.1, 0.15) is 43.0 Å². The van der Waals surface area contributed by atoms with Crippen molar-refractivity contribution in [3.63, 3.8) is 0 Å². The molecule has 0 atom stereocenters. The molecule has 1 aliphatic carbocycles. The second-order valence-corrected chi connectivity index (χ2v) is 9.44. The number of thiophene rings is 1. The minimum Gasteiger partial charge on any atom is -0.462 e. The highest BCUT2D eigenvalue weighted by Crippen LogP contribution is 2.38. The van der Waals surface area contributed by atoms with Crippen LogP contribution in [0.5, 0.6) is 0 Å². The van der Waals surface area contributed by atoms with Crippen LogP contribution in [-0.2, 0) is 9.47 Å². The Balaban J connectivity index is 1.36. The molecule has 0 unspecified atom stereocenters. The summed E-state index contributed by atoms with van der Waals surface area (Å²) in [6, 6.07) is 6.31. The van der Waals surface area contributed by atoms with Gasteiger partial charge in [-0.15, -0.1) is 11.3 Å². The molecule has 32 heavy (non-hydrogen) atoms. The standard InChI is InChI=1S/C24H28N4O3S/c1-2-31-24(29)17-5-8-20-19(13-17)21-22(26-15-27-23(21)32-20)25-14-16-3-6-18(7-4-16)28-9-11-30-12-10-28/h5,8,13-16,18H,2-4,6-7,9-12H2,1H3/b25-14+. The van der Waals surface area contributed by atoms with Crippen LogP contribution < -0.4 is 0 Å². The third-order valence-electron chi connectivity index (χ3n) is 6.47. The summed E-state index contributed by atoms with van der Waals surface area (Å²) in [7, 11) is 0. The monoisotopic (exact) mass is 452 g/mol. The molecule has 3 aromatic rings. The summed E-state index contributed by atoms with van der Waals surface area (Å²) >= 11 is 1.59. The number of aromatic nitrogens is 2. The average Bonchev–Trinajstić information content (AvgIpc) is 3.22. The van der Waals surface area contributed by atoms with Crippen molar-refractivity contribution >= 4 is 49.6 Å². The first-order chi connectivity index (χ1) is 15.7. The number of aliphatic imine (C=N–C) groups is 1. The van der Waals surface area contributed by atoms with Crippen LogP contribution in [0.25, 0.3) is 20.3 Å². The molecule has 1 saturated heterocycles. The van der Waals surface area contributed by atoms with Crippen LogP contribution in [0.3, 0.4) is 0 Å². The van der Waals surface area contributed by atoms with Crippen molar-refractivity contribution < 1.29 is 14.3 Å². The molecule has 5 rings (SSSR count). The first kappa shape index (κ1) is 21.4. The summed E-state index contributed by atoms with van der Waals surface area (Å²) in [5, 5.41) is 1.87. The zero-order valence-electron chi connectivity index (χ0n) is 18.3. The molecular weight excluding hydrogens is 424 g/mol. The van der Waals surface area contributed by atoms with E-state index in [0.29, 0.717) is 29.9 Å². The summed E-state index contributed by atoms with van der Waals surface area (Å²) in [6.07, 6.45) is 8.37. The van der Waals surface area contributed by atoms with Crippen LogP contribution in [0, 0.1) is 5.92 Å². The SMILES string of the molecule is CCOC(=O)c1ccc2sc3ncnc(/N=C/C4CCC(N5CCOCC5)CC4)c3c2c1. The number of benzene rings is 1. The van der Waals surface area contributed by atoms with Gasteiger partial charge in [0.25, 0.3) is 0 Å². The molecule has 1 saturated carbocycles. The maximum atomic E-state index is 12.2. The van der Waals surface area contributed by atoms with E-state index in [4.69, 9.17) is 14.5 Å². The predicted molar refractivity (Wildman–Crippen MR) is 127 cm³/mol. The Kier molecular flexibility index (Phi) is 6.43. The highest BCUT2D eigenvalue weighted by Gasteiger charge is 2.26. The molecule has 0 spiro atoms. The summed E-state index contributed by atoms with van der Waals surface area (Å²) in [4.78, 5) is 29.4. The van der Waals surface area contributed by atoms with E-state index in [1.165, 1.54) is 12.8 Å². The van der Waals surface area contributed by atoms with Crippen molar-refractivity contribution in [2.24, 2.45) is 10.9 Å². The van der Waals surface area contributed by atoms with E-state index < -0.39 is 0 Å².